The van der Waals surface area contributed by atoms with Gasteiger partial charge < -0.3 is 4.90 Å². The fourth-order valence-electron chi connectivity index (χ4n) is 1.22. The largest absolute Gasteiger partial charge is 0.378 e. The van der Waals surface area contributed by atoms with E-state index in [0.717, 1.165) is 5.69 Å². The minimum atomic E-state index is -0.188. The van der Waals surface area contributed by atoms with Gasteiger partial charge in [-0.15, -0.1) is 0 Å². The fraction of sp³-hybridized carbons (Fsp3) is 0.385. The molecule has 0 unspecified atom stereocenters. The zero-order chi connectivity index (χ0) is 12.8. The predicted molar refractivity (Wildman–Crippen MR) is 71.6 cm³/mol. The van der Waals surface area contributed by atoms with Gasteiger partial charge in [-0.2, -0.15) is 5.10 Å². The van der Waals surface area contributed by atoms with E-state index in [1.54, 1.807) is 18.3 Å². The van der Waals surface area contributed by atoms with Gasteiger partial charge in [-0.3, -0.25) is 4.79 Å². The summed E-state index contributed by atoms with van der Waals surface area (Å²) in [5.41, 5.74) is 4.17. The maximum atomic E-state index is 11.7. The van der Waals surface area contributed by atoms with Gasteiger partial charge in [0, 0.05) is 31.6 Å². The molecule has 4 heteroatoms. The first-order chi connectivity index (χ1) is 8.00. The quantitative estimate of drug-likeness (QED) is 0.639. The zero-order valence-electron chi connectivity index (χ0n) is 10.8. The Morgan fingerprint density at radius 3 is 2.35 bits per heavy atom. The first kappa shape index (κ1) is 13.2. The molecule has 1 aromatic carbocycles. The number of hydrogen-bond donors (Lipinski definition) is 1. The average molecular weight is 233 g/mol. The van der Waals surface area contributed by atoms with Crippen LogP contribution < -0.4 is 10.3 Å². The van der Waals surface area contributed by atoms with Crippen molar-refractivity contribution in [3.05, 3.63) is 29.8 Å². The van der Waals surface area contributed by atoms with Gasteiger partial charge in [0.2, 0.25) is 0 Å². The van der Waals surface area contributed by atoms with Crippen LogP contribution in [0.3, 0.4) is 0 Å². The molecule has 0 saturated carbocycles. The number of nitrogens with one attached hydrogen (secondary N) is 1. The van der Waals surface area contributed by atoms with Gasteiger partial charge in [0.25, 0.3) is 5.91 Å². The van der Waals surface area contributed by atoms with Gasteiger partial charge in [-0.05, 0) is 30.2 Å². The molecule has 4 nitrogen and oxygen atoms in total. The highest BCUT2D eigenvalue weighted by Crippen LogP contribution is 2.11. The van der Waals surface area contributed by atoms with Crippen LogP contribution in [0, 0.1) is 5.92 Å². The molecule has 0 radical (unpaired) electrons. The molecule has 0 saturated heterocycles. The summed E-state index contributed by atoms with van der Waals surface area (Å²) in [5.74, 6) is 0.138. The van der Waals surface area contributed by atoms with Crippen molar-refractivity contribution in [2.75, 3.05) is 19.0 Å². The minimum absolute atomic E-state index is 0.188. The maximum absolute atomic E-state index is 11.7. The molecule has 0 aliphatic rings. The molecule has 1 amide bonds. The maximum Gasteiger partial charge on any atom is 0.271 e. The van der Waals surface area contributed by atoms with E-state index < -0.39 is 0 Å². The molecule has 0 atom stereocenters. The number of carbonyl (C=O) groups is 1. The molecular weight excluding hydrogens is 214 g/mol. The highest BCUT2D eigenvalue weighted by atomic mass is 16.2. The van der Waals surface area contributed by atoms with Crippen LogP contribution in [-0.2, 0) is 0 Å². The summed E-state index contributed by atoms with van der Waals surface area (Å²) < 4.78 is 0. The van der Waals surface area contributed by atoms with Crippen LogP contribution in [0.1, 0.15) is 24.2 Å². The van der Waals surface area contributed by atoms with E-state index in [1.165, 1.54) is 0 Å². The monoisotopic (exact) mass is 233 g/mol. The van der Waals surface area contributed by atoms with E-state index in [1.807, 2.05) is 45.0 Å². The molecule has 0 bridgehead atoms. The van der Waals surface area contributed by atoms with E-state index in [9.17, 15) is 4.79 Å². The van der Waals surface area contributed by atoms with Gasteiger partial charge >= 0.3 is 0 Å². The van der Waals surface area contributed by atoms with Crippen LogP contribution in [0.5, 0.6) is 0 Å². The van der Waals surface area contributed by atoms with Crippen molar-refractivity contribution in [2.24, 2.45) is 11.0 Å². The molecule has 17 heavy (non-hydrogen) atoms. The summed E-state index contributed by atoms with van der Waals surface area (Å²) in [6.45, 7) is 4.00. The van der Waals surface area contributed by atoms with Crippen LogP contribution in [0.25, 0.3) is 0 Å². The Bertz CT molecular complexity index is 394. The topological polar surface area (TPSA) is 44.7 Å². The summed E-state index contributed by atoms with van der Waals surface area (Å²) in [7, 11) is 3.92. The summed E-state index contributed by atoms with van der Waals surface area (Å²) >= 11 is 0. The number of carbonyl (C=O) groups excluding carboxylic acids is 1. The van der Waals surface area contributed by atoms with Crippen molar-refractivity contribution in [1.29, 1.82) is 0 Å². The predicted octanol–water partition coefficient (Wildman–Crippen LogP) is 2.12. The first-order valence-corrected chi connectivity index (χ1v) is 5.61. The standard InChI is InChI=1S/C13H19N3O/c1-10(2)9-14-15-13(17)11-5-7-12(8-6-11)16(3)4/h5-10H,1-4H3,(H,15,17)/b14-9-. The van der Waals surface area contributed by atoms with Crippen molar-refractivity contribution in [2.45, 2.75) is 13.8 Å². The third kappa shape index (κ3) is 4.26. The van der Waals surface area contributed by atoms with Crippen molar-refractivity contribution in [1.82, 2.24) is 5.43 Å². The van der Waals surface area contributed by atoms with Gasteiger partial charge in [-0.1, -0.05) is 13.8 Å². The number of benzene rings is 1. The number of amides is 1. The normalized spacial score (nSPS) is 10.9. The molecule has 1 rings (SSSR count). The van der Waals surface area contributed by atoms with Gasteiger partial charge in [0.15, 0.2) is 0 Å². The summed E-state index contributed by atoms with van der Waals surface area (Å²) in [5, 5.41) is 3.87. The molecule has 0 heterocycles. The van der Waals surface area contributed by atoms with E-state index in [4.69, 9.17) is 0 Å². The van der Waals surface area contributed by atoms with Crippen LogP contribution in [0.15, 0.2) is 29.4 Å². The lowest BCUT2D eigenvalue weighted by Crippen LogP contribution is -2.18. The first-order valence-electron chi connectivity index (χ1n) is 5.61. The third-order valence-corrected chi connectivity index (χ3v) is 2.18. The van der Waals surface area contributed by atoms with Crippen LogP contribution in [-0.4, -0.2) is 26.2 Å². The van der Waals surface area contributed by atoms with Crippen LogP contribution >= 0.6 is 0 Å². The van der Waals surface area contributed by atoms with Crippen molar-refractivity contribution >= 4 is 17.8 Å². The lowest BCUT2D eigenvalue weighted by Gasteiger charge is -2.12. The average Bonchev–Trinajstić information content (AvgIpc) is 2.28. The van der Waals surface area contributed by atoms with Crippen molar-refractivity contribution in [3.63, 3.8) is 0 Å². The van der Waals surface area contributed by atoms with Gasteiger partial charge in [0.1, 0.15) is 0 Å². The van der Waals surface area contributed by atoms with Crippen molar-refractivity contribution in [3.8, 4) is 0 Å². The van der Waals surface area contributed by atoms with E-state index in [-0.39, 0.29) is 5.91 Å². The SMILES string of the molecule is CC(C)/C=N\NC(=O)c1ccc(N(C)C)cc1. The second-order valence-corrected chi connectivity index (χ2v) is 4.40. The zero-order valence-corrected chi connectivity index (χ0v) is 10.8. The van der Waals surface area contributed by atoms with E-state index in [2.05, 4.69) is 10.5 Å². The number of anilines is 1. The smallest absolute Gasteiger partial charge is 0.271 e. The Labute approximate surface area is 102 Å². The second kappa shape index (κ2) is 6.03. The van der Waals surface area contributed by atoms with Crippen molar-refractivity contribution < 1.29 is 4.79 Å². The molecule has 0 aliphatic carbocycles. The lowest BCUT2D eigenvalue weighted by molar-refractivity contribution is 0.0955. The van der Waals surface area contributed by atoms with Gasteiger partial charge in [-0.25, -0.2) is 5.43 Å². The van der Waals surface area contributed by atoms with E-state index >= 15 is 0 Å². The number of hydrogen-bond acceptors (Lipinski definition) is 3. The minimum Gasteiger partial charge on any atom is -0.378 e. The highest BCUT2D eigenvalue weighted by molar-refractivity contribution is 5.94. The lowest BCUT2D eigenvalue weighted by atomic mass is 10.2. The van der Waals surface area contributed by atoms with Gasteiger partial charge in [0.05, 0.1) is 0 Å². The third-order valence-electron chi connectivity index (χ3n) is 2.18. The second-order valence-electron chi connectivity index (χ2n) is 4.40. The summed E-state index contributed by atoms with van der Waals surface area (Å²) in [4.78, 5) is 13.7. The Kier molecular flexibility index (Phi) is 4.69. The summed E-state index contributed by atoms with van der Waals surface area (Å²) in [6.07, 6.45) is 1.70. The Hall–Kier alpha value is -1.84. The molecule has 0 spiro atoms. The van der Waals surface area contributed by atoms with Crippen LogP contribution in [0.2, 0.25) is 0 Å². The number of hydrazone groups is 1. The molecule has 0 aliphatic heterocycles. The number of nitrogens with zero attached hydrogens (tertiary/aromatic N) is 2. The Morgan fingerprint density at radius 2 is 1.88 bits per heavy atom. The molecule has 0 aromatic heterocycles. The van der Waals surface area contributed by atoms with Crippen LogP contribution in [0.4, 0.5) is 5.69 Å². The number of rotatable bonds is 4. The molecule has 0 fully saturated rings. The summed E-state index contributed by atoms with van der Waals surface area (Å²) in [6, 6.07) is 7.38. The molecular formula is C13H19N3O. The molecule has 92 valence electrons. The van der Waals surface area contributed by atoms with E-state index in [0.29, 0.717) is 11.5 Å². The highest BCUT2D eigenvalue weighted by Gasteiger charge is 2.04. The molecule has 1 aromatic rings. The fourth-order valence-corrected chi connectivity index (χ4v) is 1.22. The Balaban J connectivity index is 2.64. The molecule has 1 N–H and O–H groups in total. The Morgan fingerprint density at radius 1 is 1.29 bits per heavy atom.